The first kappa shape index (κ1) is 13.3. The summed E-state index contributed by atoms with van der Waals surface area (Å²) in [5, 5.41) is 9.59. The molecule has 100 valence electrons. The molecule has 0 aliphatic carbocycles. The lowest BCUT2D eigenvalue weighted by atomic mass is 10.1. The Morgan fingerprint density at radius 3 is 2.89 bits per heavy atom. The minimum atomic E-state index is -0.228. The molecule has 1 aromatic rings. The third kappa shape index (κ3) is 2.82. The molecule has 2 rings (SSSR count). The average Bonchev–Trinajstić information content (AvgIpc) is 2.49. The normalized spacial score (nSPS) is 26.1. The van der Waals surface area contributed by atoms with Gasteiger partial charge in [0, 0.05) is 18.3 Å². The molecule has 0 amide bonds. The van der Waals surface area contributed by atoms with Gasteiger partial charge in [-0.2, -0.15) is 0 Å². The summed E-state index contributed by atoms with van der Waals surface area (Å²) in [7, 11) is 2.06. The van der Waals surface area contributed by atoms with Gasteiger partial charge in [0.05, 0.1) is 12.6 Å². The molecule has 1 N–H and O–H groups in total. The minimum Gasteiger partial charge on any atom is -0.394 e. The number of rotatable bonds is 2. The van der Waals surface area contributed by atoms with Crippen LogP contribution in [0.4, 0.5) is 10.1 Å². The summed E-state index contributed by atoms with van der Waals surface area (Å²) in [5.74, 6) is -0.228. The Labute approximate surface area is 108 Å². The molecule has 2 atom stereocenters. The largest absolute Gasteiger partial charge is 0.394 e. The summed E-state index contributed by atoms with van der Waals surface area (Å²) in [6.45, 7) is 4.03. The maximum Gasteiger partial charge on any atom is 0.125 e. The predicted octanol–water partition coefficient (Wildman–Crippen LogP) is 1.72. The highest BCUT2D eigenvalue weighted by atomic mass is 19.1. The molecule has 0 bridgehead atoms. The number of nitrogens with zero attached hydrogens (tertiary/aromatic N) is 2. The second kappa shape index (κ2) is 5.67. The van der Waals surface area contributed by atoms with E-state index in [1.54, 1.807) is 12.1 Å². The highest BCUT2D eigenvalue weighted by Gasteiger charge is 2.28. The van der Waals surface area contributed by atoms with Gasteiger partial charge in [-0.25, -0.2) is 4.39 Å². The Kier molecular flexibility index (Phi) is 4.19. The SMILES string of the molecule is CC1CCN(C)CC(CO)N1c1cccc(F)c1. The van der Waals surface area contributed by atoms with Gasteiger partial charge in [0.25, 0.3) is 0 Å². The number of likely N-dealkylation sites (N-methyl/N-ethyl adjacent to an activating group) is 1. The molecule has 0 spiro atoms. The highest BCUT2D eigenvalue weighted by Crippen LogP contribution is 2.25. The third-order valence-corrected chi connectivity index (χ3v) is 3.64. The van der Waals surface area contributed by atoms with Crippen LogP contribution in [0.1, 0.15) is 13.3 Å². The number of benzene rings is 1. The Morgan fingerprint density at radius 1 is 1.44 bits per heavy atom. The molecule has 0 aromatic heterocycles. The first-order valence-corrected chi connectivity index (χ1v) is 6.45. The summed E-state index contributed by atoms with van der Waals surface area (Å²) in [6, 6.07) is 6.95. The lowest BCUT2D eigenvalue weighted by molar-refractivity contribution is 0.228. The van der Waals surface area contributed by atoms with E-state index in [4.69, 9.17) is 0 Å². The van der Waals surface area contributed by atoms with Crippen LogP contribution in [0.15, 0.2) is 24.3 Å². The van der Waals surface area contributed by atoms with Crippen molar-refractivity contribution >= 4 is 5.69 Å². The molecule has 4 heteroatoms. The Balaban J connectivity index is 2.31. The molecule has 1 aromatic carbocycles. The van der Waals surface area contributed by atoms with E-state index in [2.05, 4.69) is 23.8 Å². The van der Waals surface area contributed by atoms with Crippen LogP contribution >= 0.6 is 0 Å². The first-order valence-electron chi connectivity index (χ1n) is 6.45. The van der Waals surface area contributed by atoms with Crippen LogP contribution in [0.25, 0.3) is 0 Å². The zero-order chi connectivity index (χ0) is 13.1. The van der Waals surface area contributed by atoms with Gasteiger partial charge in [0.2, 0.25) is 0 Å². The number of aliphatic hydroxyl groups is 1. The van der Waals surface area contributed by atoms with Crippen molar-refractivity contribution in [3.63, 3.8) is 0 Å². The van der Waals surface area contributed by atoms with Crippen molar-refractivity contribution in [3.8, 4) is 0 Å². The monoisotopic (exact) mass is 252 g/mol. The first-order chi connectivity index (χ1) is 8.61. The van der Waals surface area contributed by atoms with Gasteiger partial charge in [-0.3, -0.25) is 0 Å². The predicted molar refractivity (Wildman–Crippen MR) is 71.3 cm³/mol. The molecule has 3 nitrogen and oxygen atoms in total. The quantitative estimate of drug-likeness (QED) is 0.868. The number of hydrogen-bond acceptors (Lipinski definition) is 3. The van der Waals surface area contributed by atoms with Crippen molar-refractivity contribution in [2.45, 2.75) is 25.4 Å². The maximum absolute atomic E-state index is 13.4. The van der Waals surface area contributed by atoms with Crippen molar-refractivity contribution in [2.75, 3.05) is 31.6 Å². The summed E-state index contributed by atoms with van der Waals surface area (Å²) in [4.78, 5) is 4.36. The number of aliphatic hydroxyl groups excluding tert-OH is 1. The molecule has 1 fully saturated rings. The van der Waals surface area contributed by atoms with Gasteiger partial charge in [-0.15, -0.1) is 0 Å². The summed E-state index contributed by atoms with van der Waals surface area (Å²) in [6.07, 6.45) is 1.02. The van der Waals surface area contributed by atoms with E-state index in [0.29, 0.717) is 6.04 Å². The lowest BCUT2D eigenvalue weighted by Gasteiger charge is -2.36. The molecule has 1 aliphatic heterocycles. The van der Waals surface area contributed by atoms with Crippen LogP contribution in [0.2, 0.25) is 0 Å². The van der Waals surface area contributed by atoms with Gasteiger partial charge in [-0.05, 0) is 45.1 Å². The van der Waals surface area contributed by atoms with E-state index in [9.17, 15) is 9.50 Å². The second-order valence-electron chi connectivity index (χ2n) is 5.12. The number of anilines is 1. The lowest BCUT2D eigenvalue weighted by Crippen LogP contribution is -2.46. The molecule has 1 heterocycles. The fourth-order valence-corrected chi connectivity index (χ4v) is 2.69. The Bertz CT molecular complexity index is 399. The number of hydrogen-bond donors (Lipinski definition) is 1. The van der Waals surface area contributed by atoms with E-state index in [0.717, 1.165) is 25.2 Å². The molecular weight excluding hydrogens is 231 g/mol. The zero-order valence-electron chi connectivity index (χ0n) is 11.0. The molecule has 18 heavy (non-hydrogen) atoms. The highest BCUT2D eigenvalue weighted by molar-refractivity contribution is 5.49. The average molecular weight is 252 g/mol. The molecule has 0 radical (unpaired) electrons. The fourth-order valence-electron chi connectivity index (χ4n) is 2.69. The summed E-state index contributed by atoms with van der Waals surface area (Å²) in [5.41, 5.74) is 0.858. The van der Waals surface area contributed by atoms with Gasteiger partial charge in [0.1, 0.15) is 5.82 Å². The second-order valence-corrected chi connectivity index (χ2v) is 5.12. The van der Waals surface area contributed by atoms with Gasteiger partial charge >= 0.3 is 0 Å². The standard InChI is InChI=1S/C14H21FN2O/c1-11-6-7-16(2)9-14(10-18)17(11)13-5-3-4-12(15)8-13/h3-5,8,11,14,18H,6-7,9-10H2,1-2H3. The number of halogens is 1. The van der Waals surface area contributed by atoms with E-state index >= 15 is 0 Å². The van der Waals surface area contributed by atoms with Gasteiger partial charge in [0.15, 0.2) is 0 Å². The van der Waals surface area contributed by atoms with Crippen molar-refractivity contribution in [3.05, 3.63) is 30.1 Å². The van der Waals surface area contributed by atoms with Crippen molar-refractivity contribution in [2.24, 2.45) is 0 Å². The van der Waals surface area contributed by atoms with Crippen LogP contribution in [-0.4, -0.2) is 48.8 Å². The van der Waals surface area contributed by atoms with E-state index in [1.165, 1.54) is 6.07 Å². The van der Waals surface area contributed by atoms with E-state index < -0.39 is 0 Å². The van der Waals surface area contributed by atoms with Crippen molar-refractivity contribution in [1.82, 2.24) is 4.90 Å². The zero-order valence-corrected chi connectivity index (χ0v) is 11.0. The Hall–Kier alpha value is -1.13. The van der Waals surface area contributed by atoms with E-state index in [-0.39, 0.29) is 18.5 Å². The molecule has 0 saturated carbocycles. The fraction of sp³-hybridized carbons (Fsp3) is 0.571. The smallest absolute Gasteiger partial charge is 0.125 e. The topological polar surface area (TPSA) is 26.7 Å². The summed E-state index contributed by atoms with van der Waals surface area (Å²) >= 11 is 0. The molecule has 2 unspecified atom stereocenters. The third-order valence-electron chi connectivity index (χ3n) is 3.64. The van der Waals surface area contributed by atoms with Crippen LogP contribution in [-0.2, 0) is 0 Å². The van der Waals surface area contributed by atoms with Crippen molar-refractivity contribution < 1.29 is 9.50 Å². The van der Waals surface area contributed by atoms with Crippen molar-refractivity contribution in [1.29, 1.82) is 0 Å². The van der Waals surface area contributed by atoms with Gasteiger partial charge in [-0.1, -0.05) is 6.07 Å². The molecule has 1 aliphatic rings. The Morgan fingerprint density at radius 2 is 2.22 bits per heavy atom. The van der Waals surface area contributed by atoms with Gasteiger partial charge < -0.3 is 14.9 Å². The maximum atomic E-state index is 13.4. The van der Waals surface area contributed by atoms with Crippen LogP contribution in [0.5, 0.6) is 0 Å². The molecule has 1 saturated heterocycles. The van der Waals surface area contributed by atoms with E-state index in [1.807, 2.05) is 6.07 Å². The summed E-state index contributed by atoms with van der Waals surface area (Å²) < 4.78 is 13.4. The van der Waals surface area contributed by atoms with Crippen LogP contribution in [0.3, 0.4) is 0 Å². The van der Waals surface area contributed by atoms with Crippen LogP contribution in [0, 0.1) is 5.82 Å². The van der Waals surface area contributed by atoms with Crippen LogP contribution < -0.4 is 4.90 Å². The molecular formula is C14H21FN2O. The minimum absolute atomic E-state index is 0.0225.